The van der Waals surface area contributed by atoms with Crippen molar-refractivity contribution in [1.82, 2.24) is 15.1 Å². The minimum atomic E-state index is -0.817. The molecule has 1 aromatic heterocycles. The molecule has 2 aliphatic carbocycles. The normalized spacial score (nSPS) is 20.8. The molecule has 0 saturated heterocycles. The first-order chi connectivity index (χ1) is 9.62. The van der Waals surface area contributed by atoms with Gasteiger partial charge in [0.15, 0.2) is 0 Å². The number of hydrogen-bond acceptors (Lipinski definition) is 3. The zero-order valence-electron chi connectivity index (χ0n) is 11.3. The molecular weight excluding hydrogens is 258 g/mol. The number of carboxylic acid groups (broad SMARTS) is 1. The first-order valence-corrected chi connectivity index (χ1v) is 7.17. The number of aromatic nitrogens is 2. The topological polar surface area (TPSA) is 84.2 Å². The van der Waals surface area contributed by atoms with Crippen molar-refractivity contribution in [3.63, 3.8) is 0 Å². The third-order valence-corrected chi connectivity index (χ3v) is 4.47. The molecule has 20 heavy (non-hydrogen) atoms. The summed E-state index contributed by atoms with van der Waals surface area (Å²) in [6.45, 7) is 0.205. The van der Waals surface area contributed by atoms with Crippen LogP contribution >= 0.6 is 0 Å². The largest absolute Gasteiger partial charge is 0.481 e. The maximum atomic E-state index is 12.2. The smallest absolute Gasteiger partial charge is 0.311 e. The van der Waals surface area contributed by atoms with Crippen LogP contribution in [-0.2, 0) is 4.79 Å². The maximum Gasteiger partial charge on any atom is 0.311 e. The molecule has 108 valence electrons. The van der Waals surface area contributed by atoms with Crippen LogP contribution in [0, 0.1) is 5.41 Å². The molecule has 0 radical (unpaired) electrons. The molecule has 6 nitrogen and oxygen atoms in total. The predicted molar refractivity (Wildman–Crippen MR) is 71.4 cm³/mol. The van der Waals surface area contributed by atoms with E-state index in [1.54, 1.807) is 16.9 Å². The lowest BCUT2D eigenvalue weighted by Crippen LogP contribution is -2.35. The van der Waals surface area contributed by atoms with Crippen LogP contribution in [0.1, 0.15) is 55.1 Å². The van der Waals surface area contributed by atoms with Crippen LogP contribution in [0.25, 0.3) is 0 Å². The van der Waals surface area contributed by atoms with Crippen LogP contribution in [0.15, 0.2) is 12.3 Å². The van der Waals surface area contributed by atoms with Crippen LogP contribution < -0.4 is 5.32 Å². The Morgan fingerprint density at radius 1 is 1.40 bits per heavy atom. The van der Waals surface area contributed by atoms with Gasteiger partial charge in [0.25, 0.3) is 5.91 Å². The fourth-order valence-electron chi connectivity index (χ4n) is 2.89. The molecule has 2 fully saturated rings. The maximum absolute atomic E-state index is 12.2. The Balaban J connectivity index is 1.66. The standard InChI is InChI=1S/C14H19N3O3/c18-12(15-9-14(6-7-14)13(19)20)11-5-8-16-17(11)10-3-1-2-4-10/h5,8,10H,1-4,6-7,9H2,(H,15,18)(H,19,20). The van der Waals surface area contributed by atoms with Gasteiger partial charge in [-0.05, 0) is 31.7 Å². The van der Waals surface area contributed by atoms with E-state index in [1.807, 2.05) is 0 Å². The van der Waals surface area contributed by atoms with Crippen molar-refractivity contribution < 1.29 is 14.7 Å². The van der Waals surface area contributed by atoms with Crippen molar-refractivity contribution in [2.24, 2.45) is 5.41 Å². The average Bonchev–Trinajstić information content (AvgIpc) is 2.87. The Bertz CT molecular complexity index is 528. The van der Waals surface area contributed by atoms with Gasteiger partial charge in [-0.25, -0.2) is 0 Å². The fourth-order valence-corrected chi connectivity index (χ4v) is 2.89. The van der Waals surface area contributed by atoms with Crippen LogP contribution in [0.4, 0.5) is 0 Å². The number of aliphatic carboxylic acids is 1. The quantitative estimate of drug-likeness (QED) is 0.856. The monoisotopic (exact) mass is 277 g/mol. The minimum Gasteiger partial charge on any atom is -0.481 e. The summed E-state index contributed by atoms with van der Waals surface area (Å²) in [5, 5.41) is 16.1. The van der Waals surface area contributed by atoms with E-state index >= 15 is 0 Å². The fraction of sp³-hybridized carbons (Fsp3) is 0.643. The van der Waals surface area contributed by atoms with E-state index in [2.05, 4.69) is 10.4 Å². The molecule has 0 unspecified atom stereocenters. The Hall–Kier alpha value is -1.85. The van der Waals surface area contributed by atoms with Crippen LogP contribution in [0.5, 0.6) is 0 Å². The second kappa shape index (κ2) is 4.92. The van der Waals surface area contributed by atoms with E-state index in [1.165, 1.54) is 12.8 Å². The summed E-state index contributed by atoms with van der Waals surface area (Å²) in [7, 11) is 0. The third-order valence-electron chi connectivity index (χ3n) is 4.47. The predicted octanol–water partition coefficient (Wildman–Crippen LogP) is 1.59. The summed E-state index contributed by atoms with van der Waals surface area (Å²) in [4.78, 5) is 23.3. The molecule has 0 aliphatic heterocycles. The Kier molecular flexibility index (Phi) is 3.23. The second-order valence-electron chi connectivity index (χ2n) is 5.87. The van der Waals surface area contributed by atoms with Crippen LogP contribution in [0.3, 0.4) is 0 Å². The summed E-state index contributed by atoms with van der Waals surface area (Å²) >= 11 is 0. The van der Waals surface area contributed by atoms with E-state index in [4.69, 9.17) is 5.11 Å². The van der Waals surface area contributed by atoms with Gasteiger partial charge < -0.3 is 10.4 Å². The molecule has 3 rings (SSSR count). The van der Waals surface area contributed by atoms with Gasteiger partial charge in [0.2, 0.25) is 0 Å². The molecule has 6 heteroatoms. The van der Waals surface area contributed by atoms with Gasteiger partial charge in [-0.15, -0.1) is 0 Å². The summed E-state index contributed by atoms with van der Waals surface area (Å²) in [6.07, 6.45) is 7.38. The highest BCUT2D eigenvalue weighted by atomic mass is 16.4. The molecular formula is C14H19N3O3. The molecule has 1 aromatic rings. The van der Waals surface area contributed by atoms with Crippen LogP contribution in [0.2, 0.25) is 0 Å². The highest BCUT2D eigenvalue weighted by Gasteiger charge is 2.50. The second-order valence-corrected chi connectivity index (χ2v) is 5.87. The summed E-state index contributed by atoms with van der Waals surface area (Å²) < 4.78 is 1.79. The van der Waals surface area contributed by atoms with Gasteiger partial charge in [0, 0.05) is 12.7 Å². The first kappa shape index (κ1) is 13.1. The van der Waals surface area contributed by atoms with Gasteiger partial charge in [-0.1, -0.05) is 12.8 Å². The molecule has 0 spiro atoms. The molecule has 0 bridgehead atoms. The average molecular weight is 277 g/mol. The number of carbonyl (C=O) groups is 2. The molecule has 1 heterocycles. The van der Waals surface area contributed by atoms with Gasteiger partial charge in [0.05, 0.1) is 11.5 Å². The molecule has 0 atom stereocenters. The van der Waals surface area contributed by atoms with E-state index in [0.29, 0.717) is 24.6 Å². The van der Waals surface area contributed by atoms with Crippen molar-refractivity contribution in [3.05, 3.63) is 18.0 Å². The van der Waals surface area contributed by atoms with E-state index in [9.17, 15) is 9.59 Å². The summed E-state index contributed by atoms with van der Waals surface area (Å²) in [6, 6.07) is 2.01. The van der Waals surface area contributed by atoms with Gasteiger partial charge in [0.1, 0.15) is 5.69 Å². The molecule has 0 aromatic carbocycles. The van der Waals surface area contributed by atoms with Gasteiger partial charge in [-0.2, -0.15) is 5.10 Å². The lowest BCUT2D eigenvalue weighted by Gasteiger charge is -2.15. The molecule has 2 saturated carbocycles. The lowest BCUT2D eigenvalue weighted by molar-refractivity contribution is -0.143. The lowest BCUT2D eigenvalue weighted by atomic mass is 10.1. The first-order valence-electron chi connectivity index (χ1n) is 7.17. The van der Waals surface area contributed by atoms with Crippen molar-refractivity contribution in [1.29, 1.82) is 0 Å². The third kappa shape index (κ3) is 2.30. The zero-order valence-corrected chi connectivity index (χ0v) is 11.3. The van der Waals surface area contributed by atoms with Crippen molar-refractivity contribution >= 4 is 11.9 Å². The van der Waals surface area contributed by atoms with Crippen molar-refractivity contribution in [3.8, 4) is 0 Å². The van der Waals surface area contributed by atoms with Crippen molar-refractivity contribution in [2.75, 3.05) is 6.54 Å². The molecule has 2 N–H and O–H groups in total. The molecule has 2 aliphatic rings. The highest BCUT2D eigenvalue weighted by molar-refractivity contribution is 5.93. The van der Waals surface area contributed by atoms with Gasteiger partial charge >= 0.3 is 5.97 Å². The summed E-state index contributed by atoms with van der Waals surface area (Å²) in [5.74, 6) is -1.04. The number of hydrogen-bond donors (Lipinski definition) is 2. The minimum absolute atomic E-state index is 0.205. The Morgan fingerprint density at radius 2 is 2.10 bits per heavy atom. The number of nitrogens with zero attached hydrogens (tertiary/aromatic N) is 2. The number of carbonyl (C=O) groups excluding carboxylic acids is 1. The van der Waals surface area contributed by atoms with E-state index in [-0.39, 0.29) is 12.5 Å². The number of carboxylic acids is 1. The van der Waals surface area contributed by atoms with E-state index in [0.717, 1.165) is 12.8 Å². The van der Waals surface area contributed by atoms with Crippen LogP contribution in [-0.4, -0.2) is 33.3 Å². The number of rotatable bonds is 5. The van der Waals surface area contributed by atoms with E-state index < -0.39 is 11.4 Å². The summed E-state index contributed by atoms with van der Waals surface area (Å²) in [5.41, 5.74) is -0.188. The SMILES string of the molecule is O=C(NCC1(C(=O)O)CC1)c1ccnn1C1CCCC1. The van der Waals surface area contributed by atoms with Crippen molar-refractivity contribution in [2.45, 2.75) is 44.6 Å². The number of amides is 1. The number of nitrogens with one attached hydrogen (secondary N) is 1. The highest BCUT2D eigenvalue weighted by Crippen LogP contribution is 2.45. The Morgan fingerprint density at radius 3 is 2.70 bits per heavy atom. The molecule has 1 amide bonds. The Labute approximate surface area is 117 Å². The van der Waals surface area contributed by atoms with Gasteiger partial charge in [-0.3, -0.25) is 14.3 Å². The zero-order chi connectivity index (χ0) is 14.2.